The van der Waals surface area contributed by atoms with E-state index in [2.05, 4.69) is 10.3 Å². The Kier molecular flexibility index (Phi) is 4.90. The summed E-state index contributed by atoms with van der Waals surface area (Å²) in [6.07, 6.45) is -2.25. The van der Waals surface area contributed by atoms with Gasteiger partial charge in [-0.25, -0.2) is 4.98 Å². The summed E-state index contributed by atoms with van der Waals surface area (Å²) in [4.78, 5) is 4.05. The quantitative estimate of drug-likeness (QED) is 0.888. The van der Waals surface area contributed by atoms with Crippen LogP contribution in [0.4, 0.5) is 13.2 Å². The fourth-order valence-electron chi connectivity index (χ4n) is 1.31. The number of alkyl halides is 3. The second kappa shape index (κ2) is 5.98. The second-order valence-electron chi connectivity index (χ2n) is 3.46. The number of nitrogens with one attached hydrogen (secondary N) is 1. The van der Waals surface area contributed by atoms with Crippen molar-refractivity contribution in [3.63, 3.8) is 0 Å². The minimum atomic E-state index is -4.48. The van der Waals surface area contributed by atoms with Crippen molar-refractivity contribution in [1.82, 2.24) is 10.3 Å². The van der Waals surface area contributed by atoms with Crippen LogP contribution in [0.2, 0.25) is 0 Å². The molecule has 0 aliphatic carbocycles. The van der Waals surface area contributed by atoms with E-state index in [9.17, 15) is 13.2 Å². The number of hydrogen-bond acceptors (Lipinski definition) is 4. The van der Waals surface area contributed by atoms with E-state index in [0.717, 1.165) is 5.01 Å². The van der Waals surface area contributed by atoms with Gasteiger partial charge in [-0.2, -0.15) is 18.4 Å². The molecule has 0 radical (unpaired) electrons. The fraction of sp³-hybridized carbons (Fsp3) is 0.600. The highest BCUT2D eigenvalue weighted by Crippen LogP contribution is 2.26. The molecule has 1 rings (SSSR count). The third-order valence-electron chi connectivity index (χ3n) is 2.28. The minimum absolute atomic E-state index is 0.229. The van der Waals surface area contributed by atoms with Crippen molar-refractivity contribution < 1.29 is 13.2 Å². The highest BCUT2D eigenvalue weighted by atomic mass is 32.1. The monoisotopic (exact) mass is 263 g/mol. The number of rotatable bonds is 5. The summed E-state index contributed by atoms with van der Waals surface area (Å²) < 4.78 is 37.0. The summed E-state index contributed by atoms with van der Waals surface area (Å²) in [7, 11) is 0. The van der Waals surface area contributed by atoms with Crippen LogP contribution in [0.3, 0.4) is 0 Å². The van der Waals surface area contributed by atoms with Gasteiger partial charge in [-0.15, -0.1) is 11.3 Å². The van der Waals surface area contributed by atoms with Gasteiger partial charge in [0.25, 0.3) is 0 Å². The predicted octanol–water partition coefficient (Wildman–Crippen LogP) is 2.89. The number of nitrogens with zero attached hydrogens (tertiary/aromatic N) is 2. The van der Waals surface area contributed by atoms with E-state index in [-0.39, 0.29) is 6.04 Å². The maximum absolute atomic E-state index is 12.3. The molecule has 0 bridgehead atoms. The predicted molar refractivity (Wildman–Crippen MR) is 58.3 cm³/mol. The molecule has 1 aromatic heterocycles. The first-order valence-corrected chi connectivity index (χ1v) is 5.96. The van der Waals surface area contributed by atoms with Crippen molar-refractivity contribution in [2.24, 2.45) is 5.92 Å². The van der Waals surface area contributed by atoms with E-state index in [0.29, 0.717) is 6.42 Å². The van der Waals surface area contributed by atoms with Crippen LogP contribution in [-0.4, -0.2) is 17.7 Å². The first kappa shape index (κ1) is 13.9. The Labute approximate surface area is 101 Å². The van der Waals surface area contributed by atoms with Gasteiger partial charge < -0.3 is 5.32 Å². The normalized spacial score (nSPS) is 15.2. The number of thiazole rings is 1. The van der Waals surface area contributed by atoms with Gasteiger partial charge in [0.15, 0.2) is 5.92 Å². The summed E-state index contributed by atoms with van der Waals surface area (Å²) in [6, 6.07) is 1.03. The van der Waals surface area contributed by atoms with Gasteiger partial charge in [0.1, 0.15) is 5.01 Å². The first-order valence-electron chi connectivity index (χ1n) is 5.08. The minimum Gasteiger partial charge on any atom is -0.306 e. The van der Waals surface area contributed by atoms with Crippen molar-refractivity contribution in [2.45, 2.75) is 25.6 Å². The standard InChI is InChI=1S/C10H12F3N3S/c1-2-8(9-15-3-4-17-9)16-6-7(5-14)10(11,12)13/h3-4,7-8,16H,2,6H2,1H3. The van der Waals surface area contributed by atoms with E-state index in [1.807, 2.05) is 6.92 Å². The van der Waals surface area contributed by atoms with Gasteiger partial charge in [0.05, 0.1) is 12.1 Å². The van der Waals surface area contributed by atoms with Crippen LogP contribution >= 0.6 is 11.3 Å². The SMILES string of the molecule is CCC(NCC(C#N)C(F)(F)F)c1nccs1. The van der Waals surface area contributed by atoms with E-state index < -0.39 is 18.6 Å². The van der Waals surface area contributed by atoms with E-state index in [4.69, 9.17) is 5.26 Å². The zero-order valence-corrected chi connectivity index (χ0v) is 9.98. The first-order chi connectivity index (χ1) is 7.99. The largest absolute Gasteiger partial charge is 0.405 e. The third kappa shape index (κ3) is 3.98. The smallest absolute Gasteiger partial charge is 0.306 e. The molecule has 0 aromatic carbocycles. The number of halogens is 3. The second-order valence-corrected chi connectivity index (χ2v) is 4.39. The molecule has 0 spiro atoms. The van der Waals surface area contributed by atoms with E-state index in [1.165, 1.54) is 17.4 Å². The molecule has 2 unspecified atom stereocenters. The molecular weight excluding hydrogens is 251 g/mol. The highest BCUT2D eigenvalue weighted by molar-refractivity contribution is 7.09. The van der Waals surface area contributed by atoms with Crippen molar-refractivity contribution in [1.29, 1.82) is 5.26 Å². The van der Waals surface area contributed by atoms with Crippen LogP contribution in [0.5, 0.6) is 0 Å². The number of nitriles is 1. The molecule has 2 atom stereocenters. The molecule has 0 fully saturated rings. The zero-order valence-electron chi connectivity index (χ0n) is 9.16. The number of hydrogen-bond donors (Lipinski definition) is 1. The van der Waals surface area contributed by atoms with E-state index in [1.54, 1.807) is 11.6 Å². The van der Waals surface area contributed by atoms with Gasteiger partial charge >= 0.3 is 6.18 Å². The Morgan fingerprint density at radius 3 is 2.71 bits per heavy atom. The van der Waals surface area contributed by atoms with Gasteiger partial charge in [-0.1, -0.05) is 6.92 Å². The Balaban J connectivity index is 2.57. The Morgan fingerprint density at radius 2 is 2.29 bits per heavy atom. The van der Waals surface area contributed by atoms with Crippen LogP contribution < -0.4 is 5.32 Å². The molecule has 0 saturated heterocycles. The average Bonchev–Trinajstić information content (AvgIpc) is 2.76. The summed E-state index contributed by atoms with van der Waals surface area (Å²) in [6.45, 7) is 1.45. The summed E-state index contributed by atoms with van der Waals surface area (Å²) in [5.41, 5.74) is 0. The lowest BCUT2D eigenvalue weighted by molar-refractivity contribution is -0.158. The third-order valence-corrected chi connectivity index (χ3v) is 3.17. The van der Waals surface area contributed by atoms with Crippen molar-refractivity contribution >= 4 is 11.3 Å². The highest BCUT2D eigenvalue weighted by Gasteiger charge is 2.39. The average molecular weight is 263 g/mol. The Bertz CT molecular complexity index is 369. The molecule has 1 heterocycles. The molecule has 17 heavy (non-hydrogen) atoms. The maximum atomic E-state index is 12.3. The van der Waals surface area contributed by atoms with Gasteiger partial charge in [0.2, 0.25) is 0 Å². The van der Waals surface area contributed by atoms with E-state index >= 15 is 0 Å². The molecule has 7 heteroatoms. The fourth-order valence-corrected chi connectivity index (χ4v) is 2.10. The molecule has 3 nitrogen and oxygen atoms in total. The lowest BCUT2D eigenvalue weighted by atomic mass is 10.1. The Hall–Kier alpha value is -1.13. The van der Waals surface area contributed by atoms with Crippen molar-refractivity contribution in [3.8, 4) is 6.07 Å². The Morgan fingerprint density at radius 1 is 1.59 bits per heavy atom. The molecule has 0 amide bonds. The van der Waals surface area contributed by atoms with Crippen molar-refractivity contribution in [3.05, 3.63) is 16.6 Å². The van der Waals surface area contributed by atoms with Crippen molar-refractivity contribution in [2.75, 3.05) is 6.54 Å². The van der Waals surface area contributed by atoms with Crippen LogP contribution in [0, 0.1) is 17.2 Å². The number of aromatic nitrogens is 1. The zero-order chi connectivity index (χ0) is 12.9. The molecule has 1 aromatic rings. The summed E-state index contributed by atoms with van der Waals surface area (Å²) >= 11 is 1.38. The maximum Gasteiger partial charge on any atom is 0.405 e. The lowest BCUT2D eigenvalue weighted by Crippen LogP contribution is -2.34. The van der Waals surface area contributed by atoms with Gasteiger partial charge in [0, 0.05) is 18.1 Å². The molecule has 1 N–H and O–H groups in total. The molecule has 0 aliphatic heterocycles. The van der Waals surface area contributed by atoms with Crippen LogP contribution in [0.15, 0.2) is 11.6 Å². The topological polar surface area (TPSA) is 48.7 Å². The van der Waals surface area contributed by atoms with Gasteiger partial charge in [-0.05, 0) is 6.42 Å². The van der Waals surface area contributed by atoms with Crippen LogP contribution in [0.25, 0.3) is 0 Å². The van der Waals surface area contributed by atoms with Crippen LogP contribution in [-0.2, 0) is 0 Å². The molecular formula is C10H12F3N3S. The molecule has 94 valence electrons. The summed E-state index contributed by atoms with van der Waals surface area (Å²) in [5, 5.41) is 13.7. The molecule has 0 aliphatic rings. The van der Waals surface area contributed by atoms with Gasteiger partial charge in [-0.3, -0.25) is 0 Å². The molecule has 0 saturated carbocycles. The summed E-state index contributed by atoms with van der Waals surface area (Å²) in [5.74, 6) is -1.98. The van der Waals surface area contributed by atoms with Crippen LogP contribution in [0.1, 0.15) is 24.4 Å². The lowest BCUT2D eigenvalue weighted by Gasteiger charge is -2.18.